The van der Waals surface area contributed by atoms with Gasteiger partial charge in [0.1, 0.15) is 0 Å². The Morgan fingerprint density at radius 2 is 1.08 bits per heavy atom. The predicted octanol–water partition coefficient (Wildman–Crippen LogP) is 12.7. The number of para-hydroxylation sites is 4. The van der Waals surface area contributed by atoms with E-state index in [4.69, 9.17) is 4.74 Å². The molecule has 48 heavy (non-hydrogen) atoms. The molecule has 3 nitrogen and oxygen atoms in total. The number of fused-ring (bicyclic) bond motifs is 4. The maximum atomic E-state index is 7.04. The molecule has 0 amide bonds. The fourth-order valence-corrected chi connectivity index (χ4v) is 7.49. The van der Waals surface area contributed by atoms with Crippen LogP contribution in [0.2, 0.25) is 0 Å². The number of rotatable bonds is 5. The van der Waals surface area contributed by atoms with Gasteiger partial charge in [0.15, 0.2) is 11.5 Å². The summed E-state index contributed by atoms with van der Waals surface area (Å²) in [5.41, 5.74) is 13.5. The number of hydrogen-bond donors (Lipinski definition) is 0. The van der Waals surface area contributed by atoms with E-state index in [9.17, 15) is 0 Å². The van der Waals surface area contributed by atoms with Crippen LogP contribution in [0.25, 0.3) is 22.3 Å². The van der Waals surface area contributed by atoms with Crippen molar-refractivity contribution in [2.45, 2.75) is 19.3 Å². The van der Waals surface area contributed by atoms with Crippen LogP contribution in [0.1, 0.15) is 25.0 Å². The van der Waals surface area contributed by atoms with Crippen LogP contribution >= 0.6 is 0 Å². The highest BCUT2D eigenvalue weighted by molar-refractivity contribution is 5.99. The van der Waals surface area contributed by atoms with Gasteiger partial charge < -0.3 is 14.5 Å². The Hall–Kier alpha value is -6.06. The van der Waals surface area contributed by atoms with Crippen LogP contribution in [0.15, 0.2) is 170 Å². The number of ether oxygens (including phenoxy) is 1. The van der Waals surface area contributed by atoms with Crippen molar-refractivity contribution >= 4 is 34.1 Å². The first-order chi connectivity index (χ1) is 23.6. The van der Waals surface area contributed by atoms with Crippen LogP contribution in [0.3, 0.4) is 0 Å². The van der Waals surface area contributed by atoms with E-state index in [1.807, 2.05) is 0 Å². The van der Waals surface area contributed by atoms with E-state index in [0.717, 1.165) is 51.1 Å². The second-order valence-corrected chi connectivity index (χ2v) is 13.0. The molecule has 0 radical (unpaired) electrons. The normalized spacial score (nSPS) is 13.5. The molecule has 230 valence electrons. The van der Waals surface area contributed by atoms with Crippen molar-refractivity contribution in [3.05, 3.63) is 181 Å². The molecule has 0 saturated heterocycles. The summed E-state index contributed by atoms with van der Waals surface area (Å²) in [7, 11) is 0. The molecule has 2 aliphatic rings. The minimum Gasteiger partial charge on any atom is -0.451 e. The average molecular weight is 619 g/mol. The Balaban J connectivity index is 1.31. The van der Waals surface area contributed by atoms with Gasteiger partial charge in [0, 0.05) is 16.7 Å². The van der Waals surface area contributed by atoms with E-state index in [-0.39, 0.29) is 5.41 Å². The van der Waals surface area contributed by atoms with E-state index in [1.54, 1.807) is 0 Å². The molecule has 0 bridgehead atoms. The van der Waals surface area contributed by atoms with Gasteiger partial charge in [-0.1, -0.05) is 141 Å². The lowest BCUT2D eigenvalue weighted by atomic mass is 9.73. The van der Waals surface area contributed by atoms with Gasteiger partial charge in [-0.25, -0.2) is 0 Å². The Morgan fingerprint density at radius 1 is 0.479 bits per heavy atom. The van der Waals surface area contributed by atoms with Crippen molar-refractivity contribution in [2.75, 3.05) is 9.80 Å². The Morgan fingerprint density at radius 3 is 1.85 bits per heavy atom. The lowest BCUT2D eigenvalue weighted by Crippen LogP contribution is -2.32. The third-order valence-corrected chi connectivity index (χ3v) is 9.85. The number of nitrogens with zero attached hydrogens (tertiary/aromatic N) is 2. The van der Waals surface area contributed by atoms with Crippen molar-refractivity contribution in [3.63, 3.8) is 0 Å². The molecule has 2 heterocycles. The quantitative estimate of drug-likeness (QED) is 0.191. The summed E-state index contributed by atoms with van der Waals surface area (Å²) < 4.78 is 7.04. The Bertz CT molecular complexity index is 2290. The van der Waals surface area contributed by atoms with Crippen molar-refractivity contribution in [1.82, 2.24) is 0 Å². The highest BCUT2D eigenvalue weighted by Crippen LogP contribution is 2.63. The predicted molar refractivity (Wildman–Crippen MR) is 199 cm³/mol. The van der Waals surface area contributed by atoms with Gasteiger partial charge in [-0.05, 0) is 70.3 Å². The van der Waals surface area contributed by atoms with Crippen LogP contribution in [-0.4, -0.2) is 0 Å². The molecule has 0 fully saturated rings. The van der Waals surface area contributed by atoms with Crippen LogP contribution < -0.4 is 14.5 Å². The number of benzene rings is 7. The topological polar surface area (TPSA) is 15.7 Å². The molecule has 0 aliphatic carbocycles. The minimum atomic E-state index is -0.227. The van der Waals surface area contributed by atoms with Gasteiger partial charge in [-0.15, -0.1) is 0 Å². The lowest BCUT2D eigenvalue weighted by molar-refractivity contribution is 0.472. The monoisotopic (exact) mass is 618 g/mol. The molecule has 0 aromatic heterocycles. The van der Waals surface area contributed by atoms with Crippen molar-refractivity contribution in [3.8, 4) is 33.8 Å². The summed E-state index contributed by atoms with van der Waals surface area (Å²) in [4.78, 5) is 4.78. The number of anilines is 6. The minimum absolute atomic E-state index is 0.227. The fraction of sp³-hybridized carbons (Fsp3) is 0.0667. The van der Waals surface area contributed by atoms with Gasteiger partial charge in [0.2, 0.25) is 0 Å². The molecule has 2 aliphatic heterocycles. The molecule has 0 atom stereocenters. The van der Waals surface area contributed by atoms with Gasteiger partial charge in [-0.3, -0.25) is 0 Å². The van der Waals surface area contributed by atoms with Crippen molar-refractivity contribution in [1.29, 1.82) is 0 Å². The zero-order valence-corrected chi connectivity index (χ0v) is 27.0. The van der Waals surface area contributed by atoms with E-state index in [0.29, 0.717) is 0 Å². The first-order valence-electron chi connectivity index (χ1n) is 16.5. The second kappa shape index (κ2) is 11.0. The third kappa shape index (κ3) is 4.35. The lowest BCUT2D eigenvalue weighted by Gasteiger charge is -2.46. The van der Waals surface area contributed by atoms with Crippen molar-refractivity contribution in [2.24, 2.45) is 0 Å². The summed E-state index contributed by atoms with van der Waals surface area (Å²) in [5, 5.41) is 0. The molecular weight excluding hydrogens is 585 g/mol. The van der Waals surface area contributed by atoms with E-state index >= 15 is 0 Å². The molecule has 0 spiro atoms. The first-order valence-corrected chi connectivity index (χ1v) is 16.5. The Kier molecular flexibility index (Phi) is 6.48. The van der Waals surface area contributed by atoms with Gasteiger partial charge >= 0.3 is 0 Å². The maximum absolute atomic E-state index is 7.04. The molecule has 7 aromatic rings. The summed E-state index contributed by atoms with van der Waals surface area (Å²) in [6.07, 6.45) is 0. The van der Waals surface area contributed by atoms with Crippen LogP contribution in [0.4, 0.5) is 34.1 Å². The molecule has 3 heteroatoms. The standard InChI is InChI=1S/C45H34N2O/c1-45(2)36-20-10-12-22-39(36)47-40-23-13-14-24-42(40)48-44-41(30-29-37(45)43(44)47)46(34-27-25-32(26-28-34)31-15-5-3-6-16-31)38-21-11-9-19-35(38)33-17-7-4-8-18-33/h3-30H,1-2H3. The van der Waals surface area contributed by atoms with Crippen molar-refractivity contribution < 1.29 is 4.74 Å². The summed E-state index contributed by atoms with van der Waals surface area (Å²) >= 11 is 0. The molecule has 0 saturated carbocycles. The molecule has 9 rings (SSSR count). The highest BCUT2D eigenvalue weighted by atomic mass is 16.5. The maximum Gasteiger partial charge on any atom is 0.175 e. The van der Waals surface area contributed by atoms with Crippen LogP contribution in [0.5, 0.6) is 11.5 Å². The summed E-state index contributed by atoms with van der Waals surface area (Å²) in [6, 6.07) is 60.5. The van der Waals surface area contributed by atoms with E-state index in [1.165, 1.54) is 27.9 Å². The first kappa shape index (κ1) is 28.2. The molecule has 7 aromatic carbocycles. The van der Waals surface area contributed by atoms with Gasteiger partial charge in [0.05, 0.1) is 28.4 Å². The molecular formula is C45H34N2O. The summed E-state index contributed by atoms with van der Waals surface area (Å²) in [6.45, 7) is 4.65. The smallest absolute Gasteiger partial charge is 0.175 e. The second-order valence-electron chi connectivity index (χ2n) is 13.0. The molecule has 0 N–H and O–H groups in total. The zero-order chi connectivity index (χ0) is 32.2. The fourth-order valence-electron chi connectivity index (χ4n) is 7.49. The van der Waals surface area contributed by atoms with Gasteiger partial charge in [0.25, 0.3) is 0 Å². The zero-order valence-electron chi connectivity index (χ0n) is 27.0. The third-order valence-electron chi connectivity index (χ3n) is 9.85. The number of hydrogen-bond acceptors (Lipinski definition) is 3. The average Bonchev–Trinajstić information content (AvgIpc) is 3.15. The van der Waals surface area contributed by atoms with Crippen LogP contribution in [-0.2, 0) is 5.41 Å². The van der Waals surface area contributed by atoms with E-state index < -0.39 is 0 Å². The Labute approximate surface area is 281 Å². The SMILES string of the molecule is CC1(C)c2ccccc2N2c3ccccc3Oc3c(N(c4ccc(-c5ccccc5)cc4)c4ccccc4-c4ccccc4)ccc1c32. The van der Waals surface area contributed by atoms with Gasteiger partial charge in [-0.2, -0.15) is 0 Å². The largest absolute Gasteiger partial charge is 0.451 e. The molecule has 0 unspecified atom stereocenters. The van der Waals surface area contributed by atoms with Crippen LogP contribution in [0, 0.1) is 0 Å². The highest BCUT2D eigenvalue weighted by Gasteiger charge is 2.43. The van der Waals surface area contributed by atoms with E-state index in [2.05, 4.69) is 194 Å². The summed E-state index contributed by atoms with van der Waals surface area (Å²) in [5.74, 6) is 1.69.